The summed E-state index contributed by atoms with van der Waals surface area (Å²) in [6.45, 7) is 3.66. The predicted molar refractivity (Wildman–Crippen MR) is 116 cm³/mol. The quantitative estimate of drug-likeness (QED) is 0.415. The molecular weight excluding hydrogens is 404 g/mol. The van der Waals surface area contributed by atoms with Crippen LogP contribution in [0.25, 0.3) is 22.6 Å². The van der Waals surface area contributed by atoms with Crippen LogP contribution in [-0.2, 0) is 4.79 Å². The fourth-order valence-corrected chi connectivity index (χ4v) is 3.28. The maximum atomic E-state index is 12.3. The number of nitrogens with one attached hydrogen (secondary N) is 1. The number of amides is 1. The van der Waals surface area contributed by atoms with E-state index in [-0.39, 0.29) is 24.2 Å². The van der Waals surface area contributed by atoms with Crippen LogP contribution in [0.4, 0.5) is 5.69 Å². The largest absolute Gasteiger partial charge is 0.507 e. The molecule has 0 aliphatic rings. The minimum absolute atomic E-state index is 0.00400. The van der Waals surface area contributed by atoms with Gasteiger partial charge in [-0.3, -0.25) is 4.79 Å². The number of aromatic nitrogens is 1. The van der Waals surface area contributed by atoms with E-state index >= 15 is 0 Å². The lowest BCUT2D eigenvalue weighted by Crippen LogP contribution is -2.20. The van der Waals surface area contributed by atoms with Crippen LogP contribution in [0.2, 0.25) is 5.02 Å². The maximum absolute atomic E-state index is 12.3. The summed E-state index contributed by atoms with van der Waals surface area (Å²) >= 11 is 5.93. The van der Waals surface area contributed by atoms with Crippen LogP contribution in [0.15, 0.2) is 59.0 Å². The number of oxazole rings is 1. The van der Waals surface area contributed by atoms with E-state index in [1.165, 1.54) is 6.07 Å². The van der Waals surface area contributed by atoms with Gasteiger partial charge in [0.05, 0.1) is 5.56 Å². The van der Waals surface area contributed by atoms with Crippen molar-refractivity contribution < 1.29 is 19.1 Å². The Morgan fingerprint density at radius 2 is 1.97 bits per heavy atom. The standard InChI is InChI=1S/C23H19ClN2O4/c1-13-3-7-21-18(9-13)26-23(30-21)17-11-16(5-6-19(17)27)25-22(28)12-29-20-8-4-15(24)10-14(20)2/h3-11,27H,12H2,1-2H3,(H,25,28). The Hall–Kier alpha value is -3.51. The average molecular weight is 423 g/mol. The summed E-state index contributed by atoms with van der Waals surface area (Å²) in [5, 5.41) is 13.6. The smallest absolute Gasteiger partial charge is 0.262 e. The summed E-state index contributed by atoms with van der Waals surface area (Å²) < 4.78 is 11.3. The summed E-state index contributed by atoms with van der Waals surface area (Å²) in [7, 11) is 0. The van der Waals surface area contributed by atoms with Crippen molar-refractivity contribution in [2.45, 2.75) is 13.8 Å². The summed E-state index contributed by atoms with van der Waals surface area (Å²) in [6.07, 6.45) is 0. The van der Waals surface area contributed by atoms with Crippen LogP contribution in [0.1, 0.15) is 11.1 Å². The van der Waals surface area contributed by atoms with Crippen molar-refractivity contribution in [1.29, 1.82) is 0 Å². The van der Waals surface area contributed by atoms with Crippen LogP contribution >= 0.6 is 11.6 Å². The van der Waals surface area contributed by atoms with Crippen LogP contribution < -0.4 is 10.1 Å². The highest BCUT2D eigenvalue weighted by Crippen LogP contribution is 2.33. The molecule has 0 spiro atoms. The van der Waals surface area contributed by atoms with Gasteiger partial charge in [-0.25, -0.2) is 4.98 Å². The second-order valence-electron chi connectivity index (χ2n) is 6.97. The molecule has 1 amide bonds. The zero-order chi connectivity index (χ0) is 21.3. The number of anilines is 1. The number of phenolic OH excluding ortho intramolecular Hbond substituents is 1. The molecule has 4 rings (SSSR count). The van der Waals surface area contributed by atoms with Crippen molar-refractivity contribution in [3.8, 4) is 23.0 Å². The van der Waals surface area contributed by atoms with E-state index < -0.39 is 0 Å². The van der Waals surface area contributed by atoms with Gasteiger partial charge in [-0.05, 0) is 73.5 Å². The number of ether oxygens (including phenoxy) is 1. The van der Waals surface area contributed by atoms with E-state index in [0.717, 1.165) is 11.1 Å². The molecule has 7 heteroatoms. The first-order valence-electron chi connectivity index (χ1n) is 9.28. The zero-order valence-corrected chi connectivity index (χ0v) is 17.2. The van der Waals surface area contributed by atoms with E-state index in [4.69, 9.17) is 20.8 Å². The SMILES string of the molecule is Cc1ccc2oc(-c3cc(NC(=O)COc4ccc(Cl)cc4C)ccc3O)nc2c1. The van der Waals surface area contributed by atoms with E-state index in [2.05, 4.69) is 10.3 Å². The number of hydrogen-bond donors (Lipinski definition) is 2. The third-order valence-corrected chi connectivity index (χ3v) is 4.78. The van der Waals surface area contributed by atoms with Gasteiger partial charge >= 0.3 is 0 Å². The molecular formula is C23H19ClN2O4. The van der Waals surface area contributed by atoms with E-state index in [1.807, 2.05) is 32.0 Å². The molecule has 1 heterocycles. The Balaban J connectivity index is 1.50. The predicted octanol–water partition coefficient (Wildman–Crippen LogP) is 5.49. The number of aromatic hydroxyl groups is 1. The number of hydrogen-bond acceptors (Lipinski definition) is 5. The highest BCUT2D eigenvalue weighted by atomic mass is 35.5. The van der Waals surface area contributed by atoms with Crippen LogP contribution in [0.5, 0.6) is 11.5 Å². The Kier molecular flexibility index (Phi) is 5.33. The number of rotatable bonds is 5. The number of carbonyl (C=O) groups is 1. The summed E-state index contributed by atoms with van der Waals surface area (Å²) in [5.41, 5.74) is 4.09. The van der Waals surface area contributed by atoms with Crippen LogP contribution in [-0.4, -0.2) is 22.6 Å². The molecule has 4 aromatic rings. The first-order chi connectivity index (χ1) is 14.4. The third-order valence-electron chi connectivity index (χ3n) is 4.55. The lowest BCUT2D eigenvalue weighted by atomic mass is 10.1. The second-order valence-corrected chi connectivity index (χ2v) is 7.41. The van der Waals surface area contributed by atoms with Gasteiger partial charge in [0.25, 0.3) is 5.91 Å². The van der Waals surface area contributed by atoms with Crippen molar-refractivity contribution in [2.24, 2.45) is 0 Å². The van der Waals surface area contributed by atoms with E-state index in [0.29, 0.717) is 33.1 Å². The first-order valence-corrected chi connectivity index (χ1v) is 9.66. The third kappa shape index (κ3) is 4.23. The van der Waals surface area contributed by atoms with Gasteiger partial charge in [-0.15, -0.1) is 0 Å². The molecule has 0 atom stereocenters. The minimum atomic E-state index is -0.339. The van der Waals surface area contributed by atoms with Crippen molar-refractivity contribution in [3.05, 3.63) is 70.7 Å². The van der Waals surface area contributed by atoms with Gasteiger partial charge < -0.3 is 19.6 Å². The number of benzene rings is 3. The van der Waals surface area contributed by atoms with Crippen molar-refractivity contribution in [3.63, 3.8) is 0 Å². The zero-order valence-electron chi connectivity index (χ0n) is 16.4. The Morgan fingerprint density at radius 3 is 2.77 bits per heavy atom. The molecule has 1 aromatic heterocycles. The van der Waals surface area contributed by atoms with Gasteiger partial charge in [0.1, 0.15) is 17.0 Å². The average Bonchev–Trinajstić information content (AvgIpc) is 3.11. The van der Waals surface area contributed by atoms with Crippen molar-refractivity contribution >= 4 is 34.3 Å². The number of phenols is 1. The van der Waals surface area contributed by atoms with Gasteiger partial charge in [-0.1, -0.05) is 17.7 Å². The molecule has 0 bridgehead atoms. The maximum Gasteiger partial charge on any atom is 0.262 e. The lowest BCUT2D eigenvalue weighted by Gasteiger charge is -2.10. The number of halogens is 1. The molecule has 0 aliphatic heterocycles. The summed E-state index contributed by atoms with van der Waals surface area (Å²) in [6, 6.07) is 15.5. The number of nitrogens with zero attached hydrogens (tertiary/aromatic N) is 1. The normalized spacial score (nSPS) is 10.9. The first kappa shape index (κ1) is 19.8. The second kappa shape index (κ2) is 8.08. The van der Waals surface area contributed by atoms with Crippen molar-refractivity contribution in [1.82, 2.24) is 4.98 Å². The Bertz CT molecular complexity index is 1250. The molecule has 0 saturated carbocycles. The Morgan fingerprint density at radius 1 is 1.13 bits per heavy atom. The highest BCUT2D eigenvalue weighted by Gasteiger charge is 2.14. The number of carbonyl (C=O) groups excluding carboxylic acids is 1. The highest BCUT2D eigenvalue weighted by molar-refractivity contribution is 6.30. The molecule has 0 unspecified atom stereocenters. The molecule has 0 aliphatic carbocycles. The van der Waals surface area contributed by atoms with Crippen LogP contribution in [0.3, 0.4) is 0 Å². The molecule has 0 saturated heterocycles. The monoisotopic (exact) mass is 422 g/mol. The van der Waals surface area contributed by atoms with Gasteiger partial charge in [0.15, 0.2) is 12.2 Å². The lowest BCUT2D eigenvalue weighted by molar-refractivity contribution is -0.118. The summed E-state index contributed by atoms with van der Waals surface area (Å²) in [4.78, 5) is 16.8. The Labute approximate surface area is 178 Å². The van der Waals surface area contributed by atoms with E-state index in [9.17, 15) is 9.90 Å². The molecule has 0 fully saturated rings. The fourth-order valence-electron chi connectivity index (χ4n) is 3.05. The molecule has 30 heavy (non-hydrogen) atoms. The topological polar surface area (TPSA) is 84.6 Å². The van der Waals surface area contributed by atoms with Crippen molar-refractivity contribution in [2.75, 3.05) is 11.9 Å². The molecule has 0 radical (unpaired) electrons. The minimum Gasteiger partial charge on any atom is -0.507 e. The van der Waals surface area contributed by atoms with Crippen LogP contribution in [0, 0.1) is 13.8 Å². The van der Waals surface area contributed by atoms with Gasteiger partial charge in [-0.2, -0.15) is 0 Å². The van der Waals surface area contributed by atoms with Gasteiger partial charge in [0, 0.05) is 10.7 Å². The molecule has 2 N–H and O–H groups in total. The van der Waals surface area contributed by atoms with Gasteiger partial charge in [0.2, 0.25) is 5.89 Å². The number of aryl methyl sites for hydroxylation is 2. The molecule has 6 nitrogen and oxygen atoms in total. The molecule has 152 valence electrons. The number of fused-ring (bicyclic) bond motifs is 1. The summed E-state index contributed by atoms with van der Waals surface area (Å²) in [5.74, 6) is 0.526. The van der Waals surface area contributed by atoms with E-state index in [1.54, 1.807) is 30.3 Å². The fraction of sp³-hybridized carbons (Fsp3) is 0.130. The molecule has 3 aromatic carbocycles.